The average Bonchev–Trinajstić information content (AvgIpc) is 2.33. The van der Waals surface area contributed by atoms with Crippen LogP contribution in [0.25, 0.3) is 0 Å². The van der Waals surface area contributed by atoms with Crippen molar-refractivity contribution < 1.29 is 4.79 Å². The van der Waals surface area contributed by atoms with Crippen LogP contribution in [-0.2, 0) is 11.2 Å². The molecule has 2 rings (SSSR count). The number of anilines is 1. The zero-order valence-corrected chi connectivity index (χ0v) is 11.0. The first-order valence-corrected chi connectivity index (χ1v) is 6.72. The van der Waals surface area contributed by atoms with Gasteiger partial charge in [0.2, 0.25) is 5.91 Å². The van der Waals surface area contributed by atoms with Crippen LogP contribution in [0.5, 0.6) is 0 Å². The fourth-order valence-corrected chi connectivity index (χ4v) is 2.55. The molecule has 0 unspecified atom stereocenters. The highest BCUT2D eigenvalue weighted by Crippen LogP contribution is 2.25. The number of carbonyl (C=O) groups is 1. The van der Waals surface area contributed by atoms with Crippen LogP contribution in [-0.4, -0.2) is 16.9 Å². The molecule has 98 valence electrons. The standard InChI is InChI=1S/C13H18ClN3O/c14-12-7-11(9(8-16-12)6-13(15)18)17-10-4-2-1-3-5-10/h7-8,10H,1-6H2,(H2,15,18)(H,16,17). The summed E-state index contributed by atoms with van der Waals surface area (Å²) in [5.41, 5.74) is 6.94. The largest absolute Gasteiger partial charge is 0.382 e. The first-order chi connectivity index (χ1) is 8.65. The van der Waals surface area contributed by atoms with Gasteiger partial charge in [0.25, 0.3) is 0 Å². The van der Waals surface area contributed by atoms with Crippen molar-refractivity contribution in [2.45, 2.75) is 44.6 Å². The summed E-state index contributed by atoms with van der Waals surface area (Å²) in [4.78, 5) is 15.0. The molecule has 0 bridgehead atoms. The van der Waals surface area contributed by atoms with Gasteiger partial charge in [0.15, 0.2) is 0 Å². The highest BCUT2D eigenvalue weighted by molar-refractivity contribution is 6.29. The van der Waals surface area contributed by atoms with Gasteiger partial charge in [-0.3, -0.25) is 4.79 Å². The normalized spacial score (nSPS) is 16.5. The van der Waals surface area contributed by atoms with Crippen LogP contribution in [0.15, 0.2) is 12.3 Å². The number of nitrogens with zero attached hydrogens (tertiary/aromatic N) is 1. The van der Waals surface area contributed by atoms with E-state index in [1.807, 2.05) is 0 Å². The molecule has 0 spiro atoms. The Balaban J connectivity index is 2.13. The Hall–Kier alpha value is -1.29. The lowest BCUT2D eigenvalue weighted by Gasteiger charge is -2.25. The molecule has 5 heteroatoms. The van der Waals surface area contributed by atoms with Crippen LogP contribution >= 0.6 is 11.6 Å². The molecular weight excluding hydrogens is 250 g/mol. The molecule has 0 atom stereocenters. The molecule has 1 aliphatic rings. The summed E-state index contributed by atoms with van der Waals surface area (Å²) in [5.74, 6) is -0.356. The summed E-state index contributed by atoms with van der Waals surface area (Å²) in [6.07, 6.45) is 7.95. The van der Waals surface area contributed by atoms with Crippen molar-refractivity contribution >= 4 is 23.2 Å². The molecule has 1 saturated carbocycles. The Morgan fingerprint density at radius 3 is 2.83 bits per heavy atom. The van der Waals surface area contributed by atoms with E-state index in [4.69, 9.17) is 17.3 Å². The molecule has 4 nitrogen and oxygen atoms in total. The Labute approximate surface area is 112 Å². The lowest BCUT2D eigenvalue weighted by molar-refractivity contribution is -0.117. The number of halogens is 1. The van der Waals surface area contributed by atoms with Crippen molar-refractivity contribution in [2.24, 2.45) is 5.73 Å². The number of primary amides is 1. The fraction of sp³-hybridized carbons (Fsp3) is 0.538. The lowest BCUT2D eigenvalue weighted by atomic mass is 9.95. The summed E-state index contributed by atoms with van der Waals surface area (Å²) in [5, 5.41) is 3.90. The van der Waals surface area contributed by atoms with Gasteiger partial charge in [-0.1, -0.05) is 30.9 Å². The zero-order valence-electron chi connectivity index (χ0n) is 10.3. The molecular formula is C13H18ClN3O. The third-order valence-corrected chi connectivity index (χ3v) is 3.49. The van der Waals surface area contributed by atoms with Gasteiger partial charge in [-0.25, -0.2) is 4.98 Å². The third kappa shape index (κ3) is 3.60. The summed E-state index contributed by atoms with van der Waals surface area (Å²) < 4.78 is 0. The second-order valence-corrected chi connectivity index (χ2v) is 5.17. The minimum atomic E-state index is -0.356. The summed E-state index contributed by atoms with van der Waals surface area (Å²) in [6.45, 7) is 0. The van der Waals surface area contributed by atoms with Gasteiger partial charge in [-0.15, -0.1) is 0 Å². The molecule has 0 aliphatic heterocycles. The Kier molecular flexibility index (Phi) is 4.42. The molecule has 0 saturated heterocycles. The molecule has 1 aromatic heterocycles. The maximum absolute atomic E-state index is 11.0. The van der Waals surface area contributed by atoms with E-state index in [-0.39, 0.29) is 12.3 Å². The van der Waals surface area contributed by atoms with Gasteiger partial charge in [-0.2, -0.15) is 0 Å². The highest BCUT2D eigenvalue weighted by Gasteiger charge is 2.15. The van der Waals surface area contributed by atoms with E-state index < -0.39 is 0 Å². The highest BCUT2D eigenvalue weighted by atomic mass is 35.5. The number of nitrogens with one attached hydrogen (secondary N) is 1. The summed E-state index contributed by atoms with van der Waals surface area (Å²) in [7, 11) is 0. The molecule has 1 heterocycles. The third-order valence-electron chi connectivity index (χ3n) is 3.28. The minimum Gasteiger partial charge on any atom is -0.382 e. The van der Waals surface area contributed by atoms with Crippen molar-refractivity contribution in [3.8, 4) is 0 Å². The molecule has 18 heavy (non-hydrogen) atoms. The maximum atomic E-state index is 11.0. The van der Waals surface area contributed by atoms with Gasteiger partial charge in [-0.05, 0) is 18.9 Å². The molecule has 0 aromatic carbocycles. The van der Waals surface area contributed by atoms with E-state index >= 15 is 0 Å². The van der Waals surface area contributed by atoms with Gasteiger partial charge in [0.05, 0.1) is 6.42 Å². The first kappa shape index (κ1) is 13.1. The maximum Gasteiger partial charge on any atom is 0.221 e. The number of rotatable bonds is 4. The Bertz CT molecular complexity index is 430. The second-order valence-electron chi connectivity index (χ2n) is 4.79. The Morgan fingerprint density at radius 1 is 1.44 bits per heavy atom. The molecule has 1 fully saturated rings. The van der Waals surface area contributed by atoms with E-state index in [0.29, 0.717) is 11.2 Å². The predicted octanol–water partition coefficient (Wildman–Crippen LogP) is 2.51. The van der Waals surface area contributed by atoms with Gasteiger partial charge in [0, 0.05) is 23.5 Å². The topological polar surface area (TPSA) is 68.0 Å². The number of amides is 1. The summed E-state index contributed by atoms with van der Waals surface area (Å²) in [6, 6.07) is 2.23. The predicted molar refractivity (Wildman–Crippen MR) is 72.6 cm³/mol. The van der Waals surface area contributed by atoms with E-state index in [0.717, 1.165) is 24.1 Å². The molecule has 1 aliphatic carbocycles. The van der Waals surface area contributed by atoms with Crippen LogP contribution in [0.2, 0.25) is 5.15 Å². The van der Waals surface area contributed by atoms with E-state index in [1.54, 1.807) is 12.3 Å². The molecule has 3 N–H and O–H groups in total. The average molecular weight is 268 g/mol. The Morgan fingerprint density at radius 2 is 2.17 bits per heavy atom. The number of aromatic nitrogens is 1. The van der Waals surface area contributed by atoms with E-state index in [9.17, 15) is 4.79 Å². The van der Waals surface area contributed by atoms with Crippen molar-refractivity contribution in [2.75, 3.05) is 5.32 Å². The number of carbonyl (C=O) groups excluding carboxylic acids is 1. The first-order valence-electron chi connectivity index (χ1n) is 6.34. The number of hydrogen-bond acceptors (Lipinski definition) is 3. The van der Waals surface area contributed by atoms with Crippen molar-refractivity contribution in [1.82, 2.24) is 4.98 Å². The van der Waals surface area contributed by atoms with Crippen molar-refractivity contribution in [1.29, 1.82) is 0 Å². The minimum absolute atomic E-state index is 0.194. The van der Waals surface area contributed by atoms with Gasteiger partial charge in [0.1, 0.15) is 5.15 Å². The number of hydrogen-bond donors (Lipinski definition) is 2. The molecule has 1 amide bonds. The lowest BCUT2D eigenvalue weighted by Crippen LogP contribution is -2.24. The number of nitrogens with two attached hydrogens (primary N) is 1. The zero-order chi connectivity index (χ0) is 13.0. The van der Waals surface area contributed by atoms with Crippen LogP contribution in [0.3, 0.4) is 0 Å². The number of pyridine rings is 1. The van der Waals surface area contributed by atoms with E-state index in [1.165, 1.54) is 19.3 Å². The van der Waals surface area contributed by atoms with Gasteiger partial charge < -0.3 is 11.1 Å². The van der Waals surface area contributed by atoms with Crippen LogP contribution in [0.1, 0.15) is 37.7 Å². The van der Waals surface area contributed by atoms with Crippen LogP contribution in [0.4, 0.5) is 5.69 Å². The van der Waals surface area contributed by atoms with Crippen molar-refractivity contribution in [3.63, 3.8) is 0 Å². The fourth-order valence-electron chi connectivity index (χ4n) is 2.39. The molecule has 0 radical (unpaired) electrons. The monoisotopic (exact) mass is 267 g/mol. The van der Waals surface area contributed by atoms with Crippen molar-refractivity contribution in [3.05, 3.63) is 23.0 Å². The van der Waals surface area contributed by atoms with E-state index in [2.05, 4.69) is 10.3 Å². The van der Waals surface area contributed by atoms with Crippen LogP contribution < -0.4 is 11.1 Å². The SMILES string of the molecule is NC(=O)Cc1cnc(Cl)cc1NC1CCCCC1. The van der Waals surface area contributed by atoms with Gasteiger partial charge >= 0.3 is 0 Å². The quantitative estimate of drug-likeness (QED) is 0.824. The summed E-state index contributed by atoms with van der Waals surface area (Å²) >= 11 is 5.90. The second kappa shape index (κ2) is 6.05. The molecule has 1 aromatic rings. The smallest absolute Gasteiger partial charge is 0.221 e. The van der Waals surface area contributed by atoms with Crippen LogP contribution in [0, 0.1) is 0 Å².